The van der Waals surface area contributed by atoms with Crippen LogP contribution < -0.4 is 10.6 Å². The zero-order valence-electron chi connectivity index (χ0n) is 14.5. The molecule has 0 radical (unpaired) electrons. The molecule has 13 heteroatoms. The van der Waals surface area contributed by atoms with E-state index in [0.29, 0.717) is 6.07 Å². The highest BCUT2D eigenvalue weighted by atomic mass is 35.5. The molecule has 2 N–H and O–H groups in total. The number of hydrogen-bond acceptors (Lipinski definition) is 6. The lowest BCUT2D eigenvalue weighted by molar-refractivity contribution is -0.383. The lowest BCUT2D eigenvalue weighted by Gasteiger charge is -2.13. The van der Waals surface area contributed by atoms with Crippen LogP contribution in [0.1, 0.15) is 5.56 Å². The van der Waals surface area contributed by atoms with Crippen molar-refractivity contribution in [3.8, 4) is 0 Å². The molecule has 0 amide bonds. The van der Waals surface area contributed by atoms with Gasteiger partial charge in [-0.1, -0.05) is 11.6 Å². The number of halogens is 6. The zero-order chi connectivity index (χ0) is 22.1. The average Bonchev–Trinajstić information content (AvgIpc) is 2.65. The molecular weight excluding hydrogens is 437 g/mol. The number of nitrogens with one attached hydrogen (secondary N) is 2. The summed E-state index contributed by atoms with van der Waals surface area (Å²) in [5.41, 5.74) is -2.63. The quantitative estimate of drug-likeness (QED) is 0.292. The molecule has 30 heavy (non-hydrogen) atoms. The van der Waals surface area contributed by atoms with Gasteiger partial charge in [-0.2, -0.15) is 13.2 Å². The van der Waals surface area contributed by atoms with Gasteiger partial charge in [0.15, 0.2) is 0 Å². The number of aromatic nitrogens is 2. The Bertz CT molecular complexity index is 1130. The molecule has 1 heterocycles. The van der Waals surface area contributed by atoms with Crippen LogP contribution >= 0.6 is 11.6 Å². The summed E-state index contributed by atoms with van der Waals surface area (Å²) in [5, 5.41) is 16.0. The predicted molar refractivity (Wildman–Crippen MR) is 98.1 cm³/mol. The van der Waals surface area contributed by atoms with Gasteiger partial charge in [-0.15, -0.1) is 0 Å². The van der Waals surface area contributed by atoms with Crippen LogP contribution in [0.15, 0.2) is 42.7 Å². The monoisotopic (exact) mass is 445 g/mol. The van der Waals surface area contributed by atoms with Crippen molar-refractivity contribution in [2.24, 2.45) is 0 Å². The van der Waals surface area contributed by atoms with Gasteiger partial charge in [0.05, 0.1) is 26.9 Å². The van der Waals surface area contributed by atoms with Gasteiger partial charge >= 0.3 is 11.9 Å². The number of alkyl halides is 3. The Kier molecular flexibility index (Phi) is 5.69. The normalized spacial score (nSPS) is 11.3. The number of nitrogens with zero attached hydrogens (tertiary/aromatic N) is 3. The van der Waals surface area contributed by atoms with E-state index in [9.17, 15) is 32.1 Å². The molecule has 3 aromatic rings. The second-order valence-corrected chi connectivity index (χ2v) is 6.15. The van der Waals surface area contributed by atoms with E-state index in [2.05, 4.69) is 20.6 Å². The summed E-state index contributed by atoms with van der Waals surface area (Å²) in [7, 11) is 0. The van der Waals surface area contributed by atoms with Crippen LogP contribution in [0.25, 0.3) is 0 Å². The van der Waals surface area contributed by atoms with Gasteiger partial charge in [0.2, 0.25) is 11.6 Å². The molecule has 0 spiro atoms. The van der Waals surface area contributed by atoms with Gasteiger partial charge in [0.1, 0.15) is 18.0 Å². The van der Waals surface area contributed by atoms with Crippen LogP contribution in [0.5, 0.6) is 0 Å². The van der Waals surface area contributed by atoms with Crippen LogP contribution in [0.2, 0.25) is 5.02 Å². The molecule has 0 bridgehead atoms. The maximum Gasteiger partial charge on any atom is 0.416 e. The summed E-state index contributed by atoms with van der Waals surface area (Å²) in [6.07, 6.45) is -3.84. The molecule has 0 saturated carbocycles. The maximum atomic E-state index is 13.9. The molecule has 2 aromatic carbocycles. The van der Waals surface area contributed by atoms with Gasteiger partial charge in [-0.3, -0.25) is 10.1 Å². The molecular formula is C17H9ClF5N5O2. The molecule has 0 saturated heterocycles. The third-order valence-electron chi connectivity index (χ3n) is 3.73. The first kappa shape index (κ1) is 21.2. The van der Waals surface area contributed by atoms with Gasteiger partial charge in [0.25, 0.3) is 0 Å². The lowest BCUT2D eigenvalue weighted by Crippen LogP contribution is -2.08. The summed E-state index contributed by atoms with van der Waals surface area (Å²) in [6.45, 7) is 0. The topological polar surface area (TPSA) is 93.0 Å². The number of benzene rings is 2. The van der Waals surface area contributed by atoms with E-state index in [4.69, 9.17) is 11.6 Å². The van der Waals surface area contributed by atoms with E-state index in [1.165, 1.54) is 0 Å². The fourth-order valence-electron chi connectivity index (χ4n) is 2.38. The largest absolute Gasteiger partial charge is 0.416 e. The summed E-state index contributed by atoms with van der Waals surface area (Å²) in [6, 6.07) is 4.73. The Morgan fingerprint density at radius 2 is 1.60 bits per heavy atom. The summed E-state index contributed by atoms with van der Waals surface area (Å²) < 4.78 is 66.1. The van der Waals surface area contributed by atoms with Crippen molar-refractivity contribution >= 4 is 40.3 Å². The Balaban J connectivity index is 2.04. The molecule has 0 aliphatic carbocycles. The summed E-state index contributed by atoms with van der Waals surface area (Å²) in [5.74, 6) is -2.77. The van der Waals surface area contributed by atoms with Crippen LogP contribution in [0.4, 0.5) is 50.6 Å². The lowest BCUT2D eigenvalue weighted by atomic mass is 10.2. The maximum absolute atomic E-state index is 13.9. The predicted octanol–water partition coefficient (Wildman–Crippen LogP) is 5.82. The molecule has 1 aromatic heterocycles. The molecule has 0 aliphatic heterocycles. The van der Waals surface area contributed by atoms with Gasteiger partial charge in [-0.25, -0.2) is 18.7 Å². The highest BCUT2D eigenvalue weighted by Crippen LogP contribution is 2.38. The minimum Gasteiger partial charge on any atom is -0.333 e. The fraction of sp³-hybridized carbons (Fsp3) is 0.0588. The first-order valence-electron chi connectivity index (χ1n) is 7.91. The van der Waals surface area contributed by atoms with Crippen LogP contribution in [-0.4, -0.2) is 14.9 Å². The van der Waals surface area contributed by atoms with E-state index in [0.717, 1.165) is 36.7 Å². The van der Waals surface area contributed by atoms with E-state index < -0.39 is 51.3 Å². The number of hydrogen-bond donors (Lipinski definition) is 2. The second kappa shape index (κ2) is 8.06. The van der Waals surface area contributed by atoms with Gasteiger partial charge < -0.3 is 10.6 Å². The van der Waals surface area contributed by atoms with Crippen LogP contribution in [0.3, 0.4) is 0 Å². The number of anilines is 4. The zero-order valence-corrected chi connectivity index (χ0v) is 15.2. The Hall–Kier alpha value is -3.54. The van der Waals surface area contributed by atoms with E-state index in [-0.39, 0.29) is 10.7 Å². The highest BCUT2D eigenvalue weighted by Gasteiger charge is 2.31. The second-order valence-electron chi connectivity index (χ2n) is 5.74. The Morgan fingerprint density at radius 1 is 0.967 bits per heavy atom. The molecule has 7 nitrogen and oxygen atoms in total. The van der Waals surface area contributed by atoms with Crippen molar-refractivity contribution in [1.82, 2.24) is 9.97 Å². The van der Waals surface area contributed by atoms with E-state index in [1.54, 1.807) is 0 Å². The number of nitro groups is 1. The molecule has 0 aliphatic rings. The smallest absolute Gasteiger partial charge is 0.333 e. The molecule has 156 valence electrons. The first-order chi connectivity index (χ1) is 14.1. The third-order valence-corrected chi connectivity index (χ3v) is 4.06. The van der Waals surface area contributed by atoms with E-state index >= 15 is 0 Å². The Morgan fingerprint density at radius 3 is 2.20 bits per heavy atom. The molecule has 0 unspecified atom stereocenters. The highest BCUT2D eigenvalue weighted by molar-refractivity contribution is 6.33. The van der Waals surface area contributed by atoms with E-state index in [1.807, 2.05) is 0 Å². The van der Waals surface area contributed by atoms with Crippen molar-refractivity contribution in [1.29, 1.82) is 0 Å². The average molecular weight is 446 g/mol. The Labute approximate surface area is 169 Å². The van der Waals surface area contributed by atoms with Gasteiger partial charge in [-0.05, 0) is 30.3 Å². The third kappa shape index (κ3) is 4.54. The van der Waals surface area contributed by atoms with Gasteiger partial charge in [0, 0.05) is 6.07 Å². The van der Waals surface area contributed by atoms with Crippen LogP contribution in [-0.2, 0) is 6.18 Å². The first-order valence-corrected chi connectivity index (χ1v) is 8.29. The van der Waals surface area contributed by atoms with Crippen molar-refractivity contribution < 1.29 is 26.9 Å². The van der Waals surface area contributed by atoms with Crippen molar-refractivity contribution in [3.63, 3.8) is 0 Å². The van der Waals surface area contributed by atoms with Crippen molar-refractivity contribution in [2.75, 3.05) is 10.6 Å². The molecule has 3 rings (SSSR count). The molecule has 0 atom stereocenters. The minimum absolute atomic E-state index is 0.165. The van der Waals surface area contributed by atoms with Crippen molar-refractivity contribution in [3.05, 3.63) is 75.1 Å². The minimum atomic E-state index is -4.68. The standard InChI is InChI=1S/C17H9ClF5N5O2/c18-10-3-1-8(17(21,22)23)5-12(10)26-15-14(28(29)30)16(25-7-24-15)27-13-6-9(19)2-4-11(13)20/h1-7H,(H2,24,25,26,27). The van der Waals surface area contributed by atoms with Crippen LogP contribution in [0, 0.1) is 21.7 Å². The SMILES string of the molecule is O=[N+]([O-])c1c(Nc2cc(F)ccc2F)ncnc1Nc1cc(C(F)(F)F)ccc1Cl. The summed E-state index contributed by atoms with van der Waals surface area (Å²) in [4.78, 5) is 17.9. The van der Waals surface area contributed by atoms with Crippen molar-refractivity contribution in [2.45, 2.75) is 6.18 Å². The fourth-order valence-corrected chi connectivity index (χ4v) is 2.55. The molecule has 0 fully saturated rings. The number of rotatable bonds is 5. The summed E-state index contributed by atoms with van der Waals surface area (Å²) >= 11 is 5.89.